The highest BCUT2D eigenvalue weighted by molar-refractivity contribution is 7.89. The van der Waals surface area contributed by atoms with E-state index in [0.717, 1.165) is 12.8 Å². The molecule has 0 bridgehead atoms. The van der Waals surface area contributed by atoms with Crippen LogP contribution < -0.4 is 10.0 Å². The Morgan fingerprint density at radius 2 is 2.00 bits per heavy atom. The van der Waals surface area contributed by atoms with Crippen molar-refractivity contribution in [3.05, 3.63) is 54.0 Å². The molecule has 1 heterocycles. The number of benzene rings is 1. The van der Waals surface area contributed by atoms with Gasteiger partial charge in [0.05, 0.1) is 23.3 Å². The molecular formula is C18H22N2O6S. The molecule has 0 radical (unpaired) electrons. The molecule has 2 N–H and O–H groups in total. The molecule has 146 valence electrons. The van der Waals surface area contributed by atoms with Gasteiger partial charge in [-0.15, -0.1) is 0 Å². The minimum Gasteiger partial charge on any atom is -0.468 e. The van der Waals surface area contributed by atoms with Crippen LogP contribution in [-0.4, -0.2) is 33.4 Å². The molecule has 27 heavy (non-hydrogen) atoms. The molecule has 0 aliphatic carbocycles. The van der Waals surface area contributed by atoms with E-state index < -0.39 is 28.5 Å². The van der Waals surface area contributed by atoms with Gasteiger partial charge in [-0.2, -0.15) is 0 Å². The van der Waals surface area contributed by atoms with Gasteiger partial charge in [0, 0.05) is 6.54 Å². The summed E-state index contributed by atoms with van der Waals surface area (Å²) in [5, 5.41) is 2.63. The average molecular weight is 394 g/mol. The predicted octanol–water partition coefficient (Wildman–Crippen LogP) is 1.83. The van der Waals surface area contributed by atoms with Crippen molar-refractivity contribution in [1.82, 2.24) is 10.0 Å². The molecule has 1 aromatic heterocycles. The third kappa shape index (κ3) is 6.54. The first-order valence-corrected chi connectivity index (χ1v) is 9.96. The number of furan rings is 1. The van der Waals surface area contributed by atoms with Crippen LogP contribution in [0.15, 0.2) is 52.0 Å². The lowest BCUT2D eigenvalue weighted by molar-refractivity contribution is -0.124. The second-order valence-electron chi connectivity index (χ2n) is 5.71. The van der Waals surface area contributed by atoms with E-state index in [2.05, 4.69) is 10.0 Å². The van der Waals surface area contributed by atoms with Crippen molar-refractivity contribution in [1.29, 1.82) is 0 Å². The minimum atomic E-state index is -3.84. The molecule has 0 fully saturated rings. The van der Waals surface area contributed by atoms with Crippen LogP contribution in [0.3, 0.4) is 0 Å². The zero-order valence-corrected chi connectivity index (χ0v) is 15.8. The van der Waals surface area contributed by atoms with Crippen LogP contribution >= 0.6 is 0 Å². The lowest BCUT2D eigenvalue weighted by atomic mass is 10.2. The zero-order chi connectivity index (χ0) is 19.7. The summed E-state index contributed by atoms with van der Waals surface area (Å²) in [5.41, 5.74) is 0.0391. The molecule has 0 aliphatic heterocycles. The largest absolute Gasteiger partial charge is 0.468 e. The quantitative estimate of drug-likeness (QED) is 0.469. The summed E-state index contributed by atoms with van der Waals surface area (Å²) in [5.74, 6) is -0.715. The molecule has 0 saturated carbocycles. The predicted molar refractivity (Wildman–Crippen MR) is 97.4 cm³/mol. The van der Waals surface area contributed by atoms with Gasteiger partial charge in [-0.05, 0) is 36.8 Å². The number of hydrogen-bond donors (Lipinski definition) is 2. The Bertz CT molecular complexity index is 862. The lowest BCUT2D eigenvalue weighted by Gasteiger charge is -2.08. The van der Waals surface area contributed by atoms with Crippen molar-refractivity contribution in [2.45, 2.75) is 31.2 Å². The fraction of sp³-hybridized carbons (Fsp3) is 0.333. The standard InChI is InChI=1S/C18H22N2O6S/c1-2-3-9-19-17(21)13-26-18(22)14-6-4-8-16(11-14)27(23,24)20-12-15-7-5-10-25-15/h4-8,10-11,20H,2-3,9,12-13H2,1H3,(H,19,21). The Labute approximate surface area is 157 Å². The number of hydrogen-bond acceptors (Lipinski definition) is 6. The maximum absolute atomic E-state index is 12.3. The number of unbranched alkanes of at least 4 members (excludes halogenated alkanes) is 1. The zero-order valence-electron chi connectivity index (χ0n) is 14.9. The summed E-state index contributed by atoms with van der Waals surface area (Å²) >= 11 is 0. The molecule has 0 unspecified atom stereocenters. The first-order valence-electron chi connectivity index (χ1n) is 8.48. The minimum absolute atomic E-state index is 0.0120. The molecule has 1 amide bonds. The fourth-order valence-corrected chi connectivity index (χ4v) is 3.16. The lowest BCUT2D eigenvalue weighted by Crippen LogP contribution is -2.29. The van der Waals surface area contributed by atoms with Crippen LogP contribution in [0.25, 0.3) is 0 Å². The second kappa shape index (κ2) is 9.89. The Morgan fingerprint density at radius 3 is 2.70 bits per heavy atom. The van der Waals surface area contributed by atoms with E-state index >= 15 is 0 Å². The van der Waals surface area contributed by atoms with Crippen molar-refractivity contribution >= 4 is 21.9 Å². The van der Waals surface area contributed by atoms with Gasteiger partial charge in [-0.3, -0.25) is 4.79 Å². The molecule has 2 aromatic rings. The summed E-state index contributed by atoms with van der Waals surface area (Å²) in [6.07, 6.45) is 3.22. The van der Waals surface area contributed by atoms with E-state index in [0.29, 0.717) is 12.3 Å². The normalized spacial score (nSPS) is 11.1. The average Bonchev–Trinajstić information content (AvgIpc) is 3.18. The Morgan fingerprint density at radius 1 is 1.19 bits per heavy atom. The molecule has 0 atom stereocenters. The van der Waals surface area contributed by atoms with E-state index in [-0.39, 0.29) is 17.0 Å². The highest BCUT2D eigenvalue weighted by Gasteiger charge is 2.17. The summed E-state index contributed by atoms with van der Waals surface area (Å²) < 4.78 is 37.1. The van der Waals surface area contributed by atoms with Gasteiger partial charge in [0.15, 0.2) is 6.61 Å². The number of ether oxygens (including phenoxy) is 1. The van der Waals surface area contributed by atoms with Crippen molar-refractivity contribution in [2.75, 3.05) is 13.2 Å². The first kappa shape index (κ1) is 20.7. The third-order valence-corrected chi connectivity index (χ3v) is 4.98. The van der Waals surface area contributed by atoms with E-state index in [1.165, 1.54) is 30.5 Å². The molecule has 0 aliphatic rings. The molecule has 2 rings (SSSR count). The van der Waals surface area contributed by atoms with Crippen LogP contribution in [0.4, 0.5) is 0 Å². The maximum atomic E-state index is 12.3. The number of carbonyl (C=O) groups is 2. The van der Waals surface area contributed by atoms with Gasteiger partial charge in [0.2, 0.25) is 10.0 Å². The number of sulfonamides is 1. The van der Waals surface area contributed by atoms with Gasteiger partial charge in [-0.25, -0.2) is 17.9 Å². The van der Waals surface area contributed by atoms with Crippen LogP contribution in [0.5, 0.6) is 0 Å². The Hall–Kier alpha value is -2.65. The molecule has 8 nitrogen and oxygen atoms in total. The fourth-order valence-electron chi connectivity index (χ4n) is 2.12. The SMILES string of the molecule is CCCCNC(=O)COC(=O)c1cccc(S(=O)(=O)NCc2ccco2)c1. The molecular weight excluding hydrogens is 372 g/mol. The topological polar surface area (TPSA) is 115 Å². The first-order chi connectivity index (χ1) is 12.9. The second-order valence-corrected chi connectivity index (χ2v) is 7.48. The van der Waals surface area contributed by atoms with Crippen LogP contribution in [0, 0.1) is 0 Å². The number of esters is 1. The highest BCUT2D eigenvalue weighted by Crippen LogP contribution is 2.13. The summed E-state index contributed by atoms with van der Waals surface area (Å²) in [7, 11) is -3.84. The maximum Gasteiger partial charge on any atom is 0.338 e. The smallest absolute Gasteiger partial charge is 0.338 e. The molecule has 1 aromatic carbocycles. The van der Waals surface area contributed by atoms with E-state index in [1.54, 1.807) is 12.1 Å². The Balaban J connectivity index is 1.95. The summed E-state index contributed by atoms with van der Waals surface area (Å²) in [6.45, 7) is 2.08. The number of rotatable bonds is 10. The van der Waals surface area contributed by atoms with Crippen molar-refractivity contribution in [3.63, 3.8) is 0 Å². The monoisotopic (exact) mass is 394 g/mol. The summed E-state index contributed by atoms with van der Waals surface area (Å²) in [6, 6.07) is 8.70. The van der Waals surface area contributed by atoms with Crippen LogP contribution in [-0.2, 0) is 26.1 Å². The van der Waals surface area contributed by atoms with E-state index in [9.17, 15) is 18.0 Å². The van der Waals surface area contributed by atoms with Gasteiger partial charge in [0.25, 0.3) is 5.91 Å². The molecule has 9 heteroatoms. The number of nitrogens with one attached hydrogen (secondary N) is 2. The third-order valence-electron chi connectivity index (χ3n) is 3.58. The van der Waals surface area contributed by atoms with Crippen LogP contribution in [0.2, 0.25) is 0 Å². The highest BCUT2D eigenvalue weighted by atomic mass is 32.2. The van der Waals surface area contributed by atoms with Gasteiger partial charge >= 0.3 is 5.97 Å². The number of amides is 1. The van der Waals surface area contributed by atoms with Gasteiger partial charge in [0.1, 0.15) is 5.76 Å². The van der Waals surface area contributed by atoms with E-state index in [4.69, 9.17) is 9.15 Å². The van der Waals surface area contributed by atoms with Crippen molar-refractivity contribution < 1.29 is 27.2 Å². The molecule has 0 spiro atoms. The van der Waals surface area contributed by atoms with Crippen LogP contribution in [0.1, 0.15) is 35.9 Å². The molecule has 0 saturated heterocycles. The summed E-state index contributed by atoms with van der Waals surface area (Å²) in [4.78, 5) is 23.6. The number of carbonyl (C=O) groups excluding carboxylic acids is 2. The van der Waals surface area contributed by atoms with E-state index in [1.807, 2.05) is 6.92 Å². The van der Waals surface area contributed by atoms with Crippen molar-refractivity contribution in [2.24, 2.45) is 0 Å². The van der Waals surface area contributed by atoms with Crippen molar-refractivity contribution in [3.8, 4) is 0 Å². The Kier molecular flexibility index (Phi) is 7.56. The van der Waals surface area contributed by atoms with Gasteiger partial charge in [-0.1, -0.05) is 19.4 Å². The van der Waals surface area contributed by atoms with Gasteiger partial charge < -0.3 is 14.5 Å².